The van der Waals surface area contributed by atoms with E-state index in [1.54, 1.807) is 18.0 Å². The average Bonchev–Trinajstić information content (AvgIpc) is 2.48. The van der Waals surface area contributed by atoms with Crippen molar-refractivity contribution in [3.63, 3.8) is 0 Å². The van der Waals surface area contributed by atoms with E-state index in [2.05, 4.69) is 5.43 Å². The van der Waals surface area contributed by atoms with Crippen LogP contribution in [0.3, 0.4) is 0 Å². The number of benzene rings is 2. The number of hydrogen-bond donors (Lipinski definition) is 2. The van der Waals surface area contributed by atoms with E-state index >= 15 is 0 Å². The number of hydrogen-bond acceptors (Lipinski definition) is 3. The molecule has 0 saturated heterocycles. The zero-order valence-electron chi connectivity index (χ0n) is 12.3. The SMILES string of the molecule is CC(=O)N(C)c1ccc(-c2cc(Cl)cc(NN)c2C)cc1. The van der Waals surface area contributed by atoms with Crippen molar-refractivity contribution in [2.45, 2.75) is 13.8 Å². The molecule has 0 atom stereocenters. The lowest BCUT2D eigenvalue weighted by molar-refractivity contribution is -0.116. The Balaban J connectivity index is 2.44. The lowest BCUT2D eigenvalue weighted by Gasteiger charge is -2.16. The Morgan fingerprint density at radius 2 is 1.86 bits per heavy atom. The van der Waals surface area contributed by atoms with Gasteiger partial charge in [0.1, 0.15) is 0 Å². The number of amides is 1. The van der Waals surface area contributed by atoms with E-state index in [1.807, 2.05) is 37.3 Å². The van der Waals surface area contributed by atoms with Crippen molar-refractivity contribution in [2.75, 3.05) is 17.4 Å². The van der Waals surface area contributed by atoms with Crippen molar-refractivity contribution in [3.8, 4) is 11.1 Å². The van der Waals surface area contributed by atoms with Crippen LogP contribution in [0.15, 0.2) is 36.4 Å². The maximum atomic E-state index is 11.4. The molecule has 4 nitrogen and oxygen atoms in total. The van der Waals surface area contributed by atoms with Crippen molar-refractivity contribution in [1.82, 2.24) is 0 Å². The Hall–Kier alpha value is -2.04. The summed E-state index contributed by atoms with van der Waals surface area (Å²) < 4.78 is 0. The molecule has 110 valence electrons. The number of carbonyl (C=O) groups is 1. The van der Waals surface area contributed by atoms with E-state index in [1.165, 1.54) is 6.92 Å². The minimum atomic E-state index is -0.00342. The smallest absolute Gasteiger partial charge is 0.223 e. The molecule has 2 aromatic rings. The van der Waals surface area contributed by atoms with Gasteiger partial charge in [0.15, 0.2) is 0 Å². The third-order valence-corrected chi connectivity index (χ3v) is 3.78. The van der Waals surface area contributed by atoms with Crippen LogP contribution in [0.5, 0.6) is 0 Å². The van der Waals surface area contributed by atoms with Crippen LogP contribution in [0.4, 0.5) is 11.4 Å². The zero-order chi connectivity index (χ0) is 15.6. The van der Waals surface area contributed by atoms with Crippen LogP contribution in [-0.2, 0) is 4.79 Å². The molecule has 0 radical (unpaired) electrons. The lowest BCUT2D eigenvalue weighted by atomic mass is 9.99. The van der Waals surface area contributed by atoms with Gasteiger partial charge >= 0.3 is 0 Å². The zero-order valence-corrected chi connectivity index (χ0v) is 13.0. The largest absolute Gasteiger partial charge is 0.324 e. The first-order valence-corrected chi connectivity index (χ1v) is 6.93. The molecule has 1 amide bonds. The predicted molar refractivity (Wildman–Crippen MR) is 88.5 cm³/mol. The molecular formula is C16H18ClN3O. The van der Waals surface area contributed by atoms with Gasteiger partial charge in [-0.3, -0.25) is 10.6 Å². The van der Waals surface area contributed by atoms with Crippen molar-refractivity contribution < 1.29 is 4.79 Å². The molecular weight excluding hydrogens is 286 g/mol. The molecule has 0 unspecified atom stereocenters. The third kappa shape index (κ3) is 3.17. The molecule has 0 aliphatic carbocycles. The number of rotatable bonds is 3. The number of nitrogens with one attached hydrogen (secondary N) is 1. The Morgan fingerprint density at radius 3 is 2.38 bits per heavy atom. The third-order valence-electron chi connectivity index (χ3n) is 3.57. The fourth-order valence-corrected chi connectivity index (χ4v) is 2.39. The summed E-state index contributed by atoms with van der Waals surface area (Å²) in [6, 6.07) is 11.4. The molecule has 5 heteroatoms. The Morgan fingerprint density at radius 1 is 1.24 bits per heavy atom. The van der Waals surface area contributed by atoms with Gasteiger partial charge in [-0.1, -0.05) is 23.7 Å². The molecule has 0 aliphatic heterocycles. The topological polar surface area (TPSA) is 58.4 Å². The Kier molecular flexibility index (Phi) is 4.50. The summed E-state index contributed by atoms with van der Waals surface area (Å²) in [5.74, 6) is 5.51. The maximum absolute atomic E-state index is 11.4. The summed E-state index contributed by atoms with van der Waals surface area (Å²) >= 11 is 6.13. The molecule has 0 bridgehead atoms. The first-order chi connectivity index (χ1) is 9.93. The summed E-state index contributed by atoms with van der Waals surface area (Å²) in [7, 11) is 1.75. The molecule has 0 fully saturated rings. The van der Waals surface area contributed by atoms with Gasteiger partial charge in [-0.2, -0.15) is 0 Å². The standard InChI is InChI=1S/C16H18ClN3O/c1-10-15(8-13(17)9-16(10)19-18)12-4-6-14(7-5-12)20(3)11(2)21/h4-9,19H,18H2,1-3H3. The van der Waals surface area contributed by atoms with Gasteiger partial charge in [-0.05, 0) is 47.9 Å². The second-order valence-corrected chi connectivity index (χ2v) is 5.33. The molecule has 0 saturated carbocycles. The van der Waals surface area contributed by atoms with Crippen LogP contribution in [0.25, 0.3) is 11.1 Å². The van der Waals surface area contributed by atoms with E-state index in [0.29, 0.717) is 5.02 Å². The number of nitrogens with zero attached hydrogens (tertiary/aromatic N) is 1. The van der Waals surface area contributed by atoms with Crippen LogP contribution < -0.4 is 16.2 Å². The molecule has 2 rings (SSSR count). The highest BCUT2D eigenvalue weighted by molar-refractivity contribution is 6.31. The van der Waals surface area contributed by atoms with Gasteiger partial charge in [0.05, 0.1) is 5.69 Å². The summed E-state index contributed by atoms with van der Waals surface area (Å²) in [6.07, 6.45) is 0. The highest BCUT2D eigenvalue weighted by Gasteiger charge is 2.10. The number of anilines is 2. The van der Waals surface area contributed by atoms with Crippen LogP contribution in [0.1, 0.15) is 12.5 Å². The Labute approximate surface area is 129 Å². The number of nitrogen functional groups attached to an aromatic ring is 1. The summed E-state index contributed by atoms with van der Waals surface area (Å²) in [4.78, 5) is 13.0. The highest BCUT2D eigenvalue weighted by atomic mass is 35.5. The average molecular weight is 304 g/mol. The van der Waals surface area contributed by atoms with Crippen molar-refractivity contribution >= 4 is 28.9 Å². The van der Waals surface area contributed by atoms with E-state index < -0.39 is 0 Å². The number of nitrogens with two attached hydrogens (primary N) is 1. The van der Waals surface area contributed by atoms with Crippen LogP contribution in [-0.4, -0.2) is 13.0 Å². The fourth-order valence-electron chi connectivity index (χ4n) is 2.18. The second-order valence-electron chi connectivity index (χ2n) is 4.90. The quantitative estimate of drug-likeness (QED) is 0.673. The molecule has 0 heterocycles. The first kappa shape index (κ1) is 15.4. The monoisotopic (exact) mass is 303 g/mol. The van der Waals surface area contributed by atoms with E-state index in [-0.39, 0.29) is 5.91 Å². The van der Waals surface area contributed by atoms with Gasteiger partial charge in [-0.25, -0.2) is 0 Å². The maximum Gasteiger partial charge on any atom is 0.223 e. The van der Waals surface area contributed by atoms with Crippen LogP contribution >= 0.6 is 11.6 Å². The normalized spacial score (nSPS) is 10.3. The minimum absolute atomic E-state index is 0.00342. The molecule has 0 aliphatic rings. The van der Waals surface area contributed by atoms with Crippen LogP contribution in [0, 0.1) is 6.92 Å². The molecule has 21 heavy (non-hydrogen) atoms. The van der Waals surface area contributed by atoms with Crippen LogP contribution in [0.2, 0.25) is 5.02 Å². The lowest BCUT2D eigenvalue weighted by Crippen LogP contribution is -2.22. The fraction of sp³-hybridized carbons (Fsp3) is 0.188. The van der Waals surface area contributed by atoms with Crippen molar-refractivity contribution in [1.29, 1.82) is 0 Å². The van der Waals surface area contributed by atoms with Crippen molar-refractivity contribution in [2.24, 2.45) is 5.84 Å². The highest BCUT2D eigenvalue weighted by Crippen LogP contribution is 2.32. The predicted octanol–water partition coefficient (Wildman–Crippen LogP) is 3.58. The van der Waals surface area contributed by atoms with Gasteiger partial charge in [0.2, 0.25) is 5.91 Å². The van der Waals surface area contributed by atoms with E-state index in [9.17, 15) is 4.79 Å². The summed E-state index contributed by atoms with van der Waals surface area (Å²) in [6.45, 7) is 3.52. The number of hydrazine groups is 1. The molecule has 2 aromatic carbocycles. The molecule has 0 spiro atoms. The van der Waals surface area contributed by atoms with Gasteiger partial charge < -0.3 is 10.3 Å². The molecule has 0 aromatic heterocycles. The Bertz CT molecular complexity index is 668. The molecule has 3 N–H and O–H groups in total. The minimum Gasteiger partial charge on any atom is -0.324 e. The number of halogens is 1. The van der Waals surface area contributed by atoms with E-state index in [4.69, 9.17) is 17.4 Å². The van der Waals surface area contributed by atoms with Crippen molar-refractivity contribution in [3.05, 3.63) is 47.0 Å². The summed E-state index contributed by atoms with van der Waals surface area (Å²) in [5.41, 5.74) is 7.35. The first-order valence-electron chi connectivity index (χ1n) is 6.55. The van der Waals surface area contributed by atoms with Gasteiger partial charge in [0.25, 0.3) is 0 Å². The second kappa shape index (κ2) is 6.16. The van der Waals surface area contributed by atoms with Gasteiger partial charge in [-0.15, -0.1) is 0 Å². The van der Waals surface area contributed by atoms with E-state index in [0.717, 1.165) is 28.1 Å². The van der Waals surface area contributed by atoms with Gasteiger partial charge in [0, 0.05) is 24.7 Å². The number of carbonyl (C=O) groups excluding carboxylic acids is 1. The summed E-state index contributed by atoms with van der Waals surface area (Å²) in [5, 5.41) is 0.619.